The molecule has 1 fully saturated rings. The van der Waals surface area contributed by atoms with Crippen LogP contribution in [0.3, 0.4) is 0 Å². The van der Waals surface area contributed by atoms with Crippen LogP contribution in [0.4, 0.5) is 4.39 Å². The molecule has 0 amide bonds. The van der Waals surface area contributed by atoms with Crippen molar-refractivity contribution in [1.82, 2.24) is 10.2 Å². The molecule has 21 heavy (non-hydrogen) atoms. The molecule has 118 valence electrons. The van der Waals surface area contributed by atoms with Gasteiger partial charge in [0, 0.05) is 18.6 Å². The van der Waals surface area contributed by atoms with E-state index in [1.54, 1.807) is 6.07 Å². The van der Waals surface area contributed by atoms with E-state index in [1.807, 2.05) is 12.1 Å². The van der Waals surface area contributed by atoms with Crippen LogP contribution in [-0.4, -0.2) is 30.6 Å². The summed E-state index contributed by atoms with van der Waals surface area (Å²) in [5, 5.41) is 3.58. The number of rotatable bonds is 10. The SMILES string of the molecule is CCCNC(CCN(CCC)C1CC1)c1cccc(F)c1. The van der Waals surface area contributed by atoms with Crippen LogP contribution in [0, 0.1) is 5.82 Å². The van der Waals surface area contributed by atoms with E-state index in [1.165, 1.54) is 31.9 Å². The first-order chi connectivity index (χ1) is 10.2. The Labute approximate surface area is 128 Å². The molecule has 0 radical (unpaired) electrons. The summed E-state index contributed by atoms with van der Waals surface area (Å²) >= 11 is 0. The van der Waals surface area contributed by atoms with Gasteiger partial charge in [-0.15, -0.1) is 0 Å². The minimum absolute atomic E-state index is 0.136. The topological polar surface area (TPSA) is 15.3 Å². The highest BCUT2D eigenvalue weighted by molar-refractivity contribution is 5.20. The van der Waals surface area contributed by atoms with Crippen LogP contribution < -0.4 is 5.32 Å². The Kier molecular flexibility index (Phi) is 6.65. The minimum Gasteiger partial charge on any atom is -0.310 e. The van der Waals surface area contributed by atoms with Crippen LogP contribution in [0.1, 0.15) is 57.6 Å². The summed E-state index contributed by atoms with van der Waals surface area (Å²) in [7, 11) is 0. The van der Waals surface area contributed by atoms with E-state index in [2.05, 4.69) is 24.1 Å². The molecule has 1 aliphatic rings. The zero-order valence-electron chi connectivity index (χ0n) is 13.4. The van der Waals surface area contributed by atoms with Gasteiger partial charge in [-0.25, -0.2) is 4.39 Å². The highest BCUT2D eigenvalue weighted by Gasteiger charge is 2.28. The van der Waals surface area contributed by atoms with Crippen molar-refractivity contribution in [1.29, 1.82) is 0 Å². The van der Waals surface area contributed by atoms with Crippen molar-refractivity contribution in [2.45, 2.75) is 58.0 Å². The number of benzene rings is 1. The number of hydrogen-bond donors (Lipinski definition) is 1. The Morgan fingerprint density at radius 2 is 2.05 bits per heavy atom. The summed E-state index contributed by atoms with van der Waals surface area (Å²) in [6, 6.07) is 8.12. The van der Waals surface area contributed by atoms with Crippen LogP contribution >= 0.6 is 0 Å². The van der Waals surface area contributed by atoms with Crippen molar-refractivity contribution in [2.75, 3.05) is 19.6 Å². The van der Waals surface area contributed by atoms with E-state index in [0.717, 1.165) is 37.5 Å². The van der Waals surface area contributed by atoms with Gasteiger partial charge in [0.05, 0.1) is 0 Å². The van der Waals surface area contributed by atoms with Gasteiger partial charge in [-0.3, -0.25) is 0 Å². The van der Waals surface area contributed by atoms with Crippen molar-refractivity contribution in [3.8, 4) is 0 Å². The maximum absolute atomic E-state index is 13.5. The lowest BCUT2D eigenvalue weighted by atomic mass is 10.0. The molecule has 1 aliphatic carbocycles. The highest BCUT2D eigenvalue weighted by atomic mass is 19.1. The van der Waals surface area contributed by atoms with Gasteiger partial charge in [0.25, 0.3) is 0 Å². The third-order valence-electron chi connectivity index (χ3n) is 4.17. The zero-order chi connectivity index (χ0) is 15.1. The molecule has 0 aliphatic heterocycles. The highest BCUT2D eigenvalue weighted by Crippen LogP contribution is 2.28. The standard InChI is InChI=1S/C18H29FN2/c1-3-11-20-18(15-6-5-7-16(19)14-15)10-13-21(12-4-2)17-8-9-17/h5-7,14,17-18,20H,3-4,8-13H2,1-2H3. The van der Waals surface area contributed by atoms with Crippen molar-refractivity contribution in [3.63, 3.8) is 0 Å². The smallest absolute Gasteiger partial charge is 0.123 e. The first-order valence-electron chi connectivity index (χ1n) is 8.47. The second-order valence-corrected chi connectivity index (χ2v) is 6.12. The molecule has 1 unspecified atom stereocenters. The Bertz CT molecular complexity index is 417. The summed E-state index contributed by atoms with van der Waals surface area (Å²) in [6.45, 7) is 7.70. The number of halogens is 1. The largest absolute Gasteiger partial charge is 0.310 e. The molecule has 1 saturated carbocycles. The van der Waals surface area contributed by atoms with Gasteiger partial charge in [0.1, 0.15) is 5.82 Å². The van der Waals surface area contributed by atoms with Crippen LogP contribution in [0.5, 0.6) is 0 Å². The summed E-state index contributed by atoms with van der Waals surface area (Å²) in [5.41, 5.74) is 1.08. The lowest BCUT2D eigenvalue weighted by Gasteiger charge is -2.25. The second kappa shape index (κ2) is 8.50. The van der Waals surface area contributed by atoms with Gasteiger partial charge >= 0.3 is 0 Å². The first-order valence-corrected chi connectivity index (χ1v) is 8.47. The van der Waals surface area contributed by atoms with E-state index >= 15 is 0 Å². The van der Waals surface area contributed by atoms with Crippen LogP contribution in [0.15, 0.2) is 24.3 Å². The lowest BCUT2D eigenvalue weighted by molar-refractivity contribution is 0.247. The molecule has 1 aromatic carbocycles. The average molecular weight is 292 g/mol. The average Bonchev–Trinajstić information content (AvgIpc) is 3.30. The molecule has 0 saturated heterocycles. The second-order valence-electron chi connectivity index (χ2n) is 6.12. The zero-order valence-corrected chi connectivity index (χ0v) is 13.4. The minimum atomic E-state index is -0.136. The molecule has 0 spiro atoms. The van der Waals surface area contributed by atoms with Gasteiger partial charge in [0.15, 0.2) is 0 Å². The molecule has 3 heteroatoms. The maximum Gasteiger partial charge on any atom is 0.123 e. The van der Waals surface area contributed by atoms with Crippen molar-refractivity contribution >= 4 is 0 Å². The van der Waals surface area contributed by atoms with Gasteiger partial charge in [-0.2, -0.15) is 0 Å². The molecule has 0 bridgehead atoms. The Morgan fingerprint density at radius 1 is 1.24 bits per heavy atom. The Morgan fingerprint density at radius 3 is 2.67 bits per heavy atom. The fourth-order valence-electron chi connectivity index (χ4n) is 2.93. The predicted molar refractivity (Wildman–Crippen MR) is 86.9 cm³/mol. The quantitative estimate of drug-likeness (QED) is 0.697. The summed E-state index contributed by atoms with van der Waals surface area (Å²) in [5.74, 6) is -0.136. The van der Waals surface area contributed by atoms with E-state index < -0.39 is 0 Å². The van der Waals surface area contributed by atoms with E-state index in [-0.39, 0.29) is 11.9 Å². The Balaban J connectivity index is 1.95. The van der Waals surface area contributed by atoms with Gasteiger partial charge in [-0.05, 0) is 62.9 Å². The van der Waals surface area contributed by atoms with E-state index in [0.29, 0.717) is 0 Å². The third kappa shape index (κ3) is 5.40. The van der Waals surface area contributed by atoms with Gasteiger partial charge in [0.2, 0.25) is 0 Å². The molecule has 1 atom stereocenters. The Hall–Kier alpha value is -0.930. The molecular weight excluding hydrogens is 263 g/mol. The molecule has 2 nitrogen and oxygen atoms in total. The van der Waals surface area contributed by atoms with Crippen molar-refractivity contribution in [3.05, 3.63) is 35.6 Å². The van der Waals surface area contributed by atoms with Crippen LogP contribution in [0.25, 0.3) is 0 Å². The predicted octanol–water partition coefficient (Wildman–Crippen LogP) is 4.13. The van der Waals surface area contributed by atoms with Gasteiger partial charge < -0.3 is 10.2 Å². The summed E-state index contributed by atoms with van der Waals surface area (Å²) in [6.07, 6.45) is 6.08. The van der Waals surface area contributed by atoms with Crippen LogP contribution in [0.2, 0.25) is 0 Å². The molecule has 0 aromatic heterocycles. The number of nitrogens with zero attached hydrogens (tertiary/aromatic N) is 1. The van der Waals surface area contributed by atoms with Gasteiger partial charge in [-0.1, -0.05) is 26.0 Å². The normalized spacial score (nSPS) is 16.4. The maximum atomic E-state index is 13.5. The fraction of sp³-hybridized carbons (Fsp3) is 0.667. The fourth-order valence-corrected chi connectivity index (χ4v) is 2.93. The van der Waals surface area contributed by atoms with E-state index in [4.69, 9.17) is 0 Å². The van der Waals surface area contributed by atoms with Crippen molar-refractivity contribution in [2.24, 2.45) is 0 Å². The van der Waals surface area contributed by atoms with Crippen LogP contribution in [-0.2, 0) is 0 Å². The molecule has 1 N–H and O–H groups in total. The first kappa shape index (κ1) is 16.4. The molecule has 1 aromatic rings. The number of nitrogens with one attached hydrogen (secondary N) is 1. The molecular formula is C18H29FN2. The summed E-state index contributed by atoms with van der Waals surface area (Å²) < 4.78 is 13.5. The lowest BCUT2D eigenvalue weighted by Crippen LogP contribution is -2.32. The molecule has 0 heterocycles. The summed E-state index contributed by atoms with van der Waals surface area (Å²) in [4.78, 5) is 2.61. The number of hydrogen-bond acceptors (Lipinski definition) is 2. The van der Waals surface area contributed by atoms with E-state index in [9.17, 15) is 4.39 Å². The monoisotopic (exact) mass is 292 g/mol. The third-order valence-corrected chi connectivity index (χ3v) is 4.17. The van der Waals surface area contributed by atoms with Crippen molar-refractivity contribution < 1.29 is 4.39 Å². The molecule has 2 rings (SSSR count).